The Kier molecular flexibility index (Phi) is 7.25. The number of hydrogen-bond donors (Lipinski definition) is 1. The van der Waals surface area contributed by atoms with E-state index in [4.69, 9.17) is 0 Å². The second-order valence-electron chi connectivity index (χ2n) is 6.06. The van der Waals surface area contributed by atoms with E-state index >= 15 is 0 Å². The first kappa shape index (κ1) is 17.2. The maximum absolute atomic E-state index is 3.66. The van der Waals surface area contributed by atoms with Crippen LogP contribution in [0.25, 0.3) is 0 Å². The van der Waals surface area contributed by atoms with Crippen molar-refractivity contribution in [3.63, 3.8) is 0 Å². The summed E-state index contributed by atoms with van der Waals surface area (Å²) in [5.74, 6) is 0. The lowest BCUT2D eigenvalue weighted by atomic mass is 9.98. The number of benzene rings is 1. The highest BCUT2D eigenvalue weighted by atomic mass is 15.2. The Morgan fingerprint density at radius 2 is 1.85 bits per heavy atom. The number of aryl methyl sites for hydroxylation is 2. The predicted octanol–water partition coefficient (Wildman–Crippen LogP) is 4.07. The summed E-state index contributed by atoms with van der Waals surface area (Å²) >= 11 is 0. The molecule has 0 radical (unpaired) electrons. The van der Waals surface area contributed by atoms with Gasteiger partial charge in [0.05, 0.1) is 0 Å². The van der Waals surface area contributed by atoms with Crippen LogP contribution in [0.1, 0.15) is 56.8 Å². The van der Waals surface area contributed by atoms with Crippen LogP contribution in [0, 0.1) is 13.8 Å². The van der Waals surface area contributed by atoms with E-state index in [0.29, 0.717) is 12.1 Å². The normalized spacial score (nSPS) is 13.2. The Balaban J connectivity index is 2.92. The number of nitrogens with one attached hydrogen (secondary N) is 1. The first-order valence-electron chi connectivity index (χ1n) is 8.04. The van der Waals surface area contributed by atoms with Gasteiger partial charge in [0.1, 0.15) is 0 Å². The predicted molar refractivity (Wildman–Crippen MR) is 89.3 cm³/mol. The smallest absolute Gasteiger partial charge is 0.0451 e. The summed E-state index contributed by atoms with van der Waals surface area (Å²) in [6.07, 6.45) is 1.21. The fraction of sp³-hybridized carbons (Fsp3) is 0.667. The van der Waals surface area contributed by atoms with Crippen LogP contribution in [0.5, 0.6) is 0 Å². The third kappa shape index (κ3) is 4.92. The van der Waals surface area contributed by atoms with Gasteiger partial charge in [0.15, 0.2) is 0 Å². The molecular weight excluding hydrogens is 244 g/mol. The quantitative estimate of drug-likeness (QED) is 0.770. The zero-order valence-electron chi connectivity index (χ0n) is 14.2. The maximum atomic E-state index is 3.66. The summed E-state index contributed by atoms with van der Waals surface area (Å²) < 4.78 is 0. The first-order chi connectivity index (χ1) is 9.49. The fourth-order valence-corrected chi connectivity index (χ4v) is 2.82. The van der Waals surface area contributed by atoms with Crippen LogP contribution in [0.4, 0.5) is 0 Å². The van der Waals surface area contributed by atoms with Gasteiger partial charge in [0.2, 0.25) is 0 Å². The van der Waals surface area contributed by atoms with Gasteiger partial charge in [-0.3, -0.25) is 4.90 Å². The molecule has 1 rings (SSSR count). The van der Waals surface area contributed by atoms with Gasteiger partial charge >= 0.3 is 0 Å². The molecule has 0 aliphatic rings. The average Bonchev–Trinajstić information content (AvgIpc) is 2.37. The number of hydrogen-bond acceptors (Lipinski definition) is 2. The number of likely N-dealkylation sites (N-methyl/N-ethyl adjacent to an activating group) is 1. The molecule has 0 saturated heterocycles. The Bertz CT molecular complexity index is 398. The van der Waals surface area contributed by atoms with Crippen molar-refractivity contribution in [3.05, 3.63) is 34.9 Å². The molecule has 1 aromatic rings. The largest absolute Gasteiger partial charge is 0.309 e. The molecule has 1 unspecified atom stereocenters. The minimum absolute atomic E-state index is 0.426. The van der Waals surface area contributed by atoms with Crippen LogP contribution in [0.15, 0.2) is 18.2 Å². The van der Waals surface area contributed by atoms with E-state index in [1.807, 2.05) is 0 Å². The van der Waals surface area contributed by atoms with Crippen LogP contribution in [-0.2, 0) is 0 Å². The lowest BCUT2D eigenvalue weighted by Gasteiger charge is -2.31. The number of nitrogens with zero attached hydrogens (tertiary/aromatic N) is 1. The summed E-state index contributed by atoms with van der Waals surface area (Å²) in [5, 5.41) is 3.66. The molecule has 114 valence electrons. The van der Waals surface area contributed by atoms with Crippen LogP contribution < -0.4 is 5.32 Å². The van der Waals surface area contributed by atoms with Crippen molar-refractivity contribution >= 4 is 0 Å². The van der Waals surface area contributed by atoms with Gasteiger partial charge < -0.3 is 5.32 Å². The van der Waals surface area contributed by atoms with Gasteiger partial charge in [-0.2, -0.15) is 0 Å². The molecule has 0 heterocycles. The molecule has 0 bridgehead atoms. The Hall–Kier alpha value is -0.860. The third-order valence-electron chi connectivity index (χ3n) is 3.91. The molecule has 0 spiro atoms. The minimum Gasteiger partial charge on any atom is -0.309 e. The molecule has 1 aromatic carbocycles. The van der Waals surface area contributed by atoms with Crippen LogP contribution in [-0.4, -0.2) is 30.6 Å². The van der Waals surface area contributed by atoms with Crippen molar-refractivity contribution in [2.24, 2.45) is 0 Å². The van der Waals surface area contributed by atoms with Gasteiger partial charge in [-0.1, -0.05) is 37.6 Å². The second kappa shape index (κ2) is 8.43. The van der Waals surface area contributed by atoms with E-state index in [9.17, 15) is 0 Å². The zero-order valence-corrected chi connectivity index (χ0v) is 14.2. The van der Waals surface area contributed by atoms with Crippen LogP contribution in [0.2, 0.25) is 0 Å². The van der Waals surface area contributed by atoms with Gasteiger partial charge in [-0.15, -0.1) is 0 Å². The molecule has 0 aromatic heterocycles. The Labute approximate surface area is 125 Å². The molecule has 2 heteroatoms. The standard InChI is InChI=1S/C18H32N2/c1-7-11-20(14(3)4)13-18(19-8-2)17-10-9-15(5)12-16(17)6/h9-10,12,14,18-19H,7-8,11,13H2,1-6H3. The van der Waals surface area contributed by atoms with Crippen molar-refractivity contribution < 1.29 is 0 Å². The van der Waals surface area contributed by atoms with E-state index < -0.39 is 0 Å². The van der Waals surface area contributed by atoms with E-state index in [1.54, 1.807) is 0 Å². The van der Waals surface area contributed by atoms with Crippen molar-refractivity contribution in [2.75, 3.05) is 19.6 Å². The summed E-state index contributed by atoms with van der Waals surface area (Å²) in [6, 6.07) is 7.84. The Morgan fingerprint density at radius 1 is 1.15 bits per heavy atom. The van der Waals surface area contributed by atoms with Crippen molar-refractivity contribution in [1.82, 2.24) is 10.2 Å². The van der Waals surface area contributed by atoms with Crippen molar-refractivity contribution in [1.29, 1.82) is 0 Å². The topological polar surface area (TPSA) is 15.3 Å². The molecule has 0 saturated carbocycles. The third-order valence-corrected chi connectivity index (χ3v) is 3.91. The molecule has 0 fully saturated rings. The summed E-state index contributed by atoms with van der Waals surface area (Å²) in [6.45, 7) is 16.7. The SMILES string of the molecule is CCCN(CC(NCC)c1ccc(C)cc1C)C(C)C. The van der Waals surface area contributed by atoms with Crippen molar-refractivity contribution in [3.8, 4) is 0 Å². The van der Waals surface area contributed by atoms with E-state index in [2.05, 4.69) is 70.0 Å². The molecule has 0 amide bonds. The maximum Gasteiger partial charge on any atom is 0.0451 e. The van der Waals surface area contributed by atoms with E-state index in [-0.39, 0.29) is 0 Å². The average molecular weight is 276 g/mol. The minimum atomic E-state index is 0.426. The monoisotopic (exact) mass is 276 g/mol. The van der Waals surface area contributed by atoms with E-state index in [1.165, 1.54) is 29.7 Å². The molecule has 1 N–H and O–H groups in total. The van der Waals surface area contributed by atoms with Crippen LogP contribution in [0.3, 0.4) is 0 Å². The highest BCUT2D eigenvalue weighted by Crippen LogP contribution is 2.21. The highest BCUT2D eigenvalue weighted by Gasteiger charge is 2.18. The van der Waals surface area contributed by atoms with Gasteiger partial charge in [0, 0.05) is 18.6 Å². The lowest BCUT2D eigenvalue weighted by Crippen LogP contribution is -2.39. The zero-order chi connectivity index (χ0) is 15.1. The molecule has 2 nitrogen and oxygen atoms in total. The van der Waals surface area contributed by atoms with Gasteiger partial charge in [-0.05, 0) is 58.3 Å². The summed E-state index contributed by atoms with van der Waals surface area (Å²) in [7, 11) is 0. The number of rotatable bonds is 8. The van der Waals surface area contributed by atoms with Gasteiger partial charge in [0.25, 0.3) is 0 Å². The fourth-order valence-electron chi connectivity index (χ4n) is 2.82. The second-order valence-corrected chi connectivity index (χ2v) is 6.06. The highest BCUT2D eigenvalue weighted by molar-refractivity contribution is 5.33. The molecule has 0 aliphatic heterocycles. The van der Waals surface area contributed by atoms with Gasteiger partial charge in [-0.25, -0.2) is 0 Å². The van der Waals surface area contributed by atoms with E-state index in [0.717, 1.165) is 13.1 Å². The molecule has 1 atom stereocenters. The molecular formula is C18H32N2. The summed E-state index contributed by atoms with van der Waals surface area (Å²) in [4.78, 5) is 2.58. The van der Waals surface area contributed by atoms with Crippen LogP contribution >= 0.6 is 0 Å². The van der Waals surface area contributed by atoms with Crippen molar-refractivity contribution in [2.45, 2.75) is 60.0 Å². The lowest BCUT2D eigenvalue weighted by molar-refractivity contribution is 0.198. The first-order valence-corrected chi connectivity index (χ1v) is 8.04. The Morgan fingerprint density at radius 3 is 2.35 bits per heavy atom. The summed E-state index contributed by atoms with van der Waals surface area (Å²) in [5.41, 5.74) is 4.19. The molecule has 20 heavy (non-hydrogen) atoms. The molecule has 0 aliphatic carbocycles.